The number of benzene rings is 3. The quantitative estimate of drug-likeness (QED) is 0.575. The van der Waals surface area contributed by atoms with Crippen LogP contribution < -0.4 is 14.9 Å². The van der Waals surface area contributed by atoms with Gasteiger partial charge in [0.1, 0.15) is 4.90 Å². The summed E-state index contributed by atoms with van der Waals surface area (Å²) in [4.78, 5) is 14.4. The van der Waals surface area contributed by atoms with E-state index in [4.69, 9.17) is 11.6 Å². The van der Waals surface area contributed by atoms with Crippen LogP contribution in [-0.4, -0.2) is 28.4 Å². The minimum absolute atomic E-state index is 0.0439. The van der Waals surface area contributed by atoms with E-state index in [-0.39, 0.29) is 22.0 Å². The number of hydrogen-bond donors (Lipinski definition) is 2. The number of sulfonamides is 1. The molecular weight excluding hydrogens is 422 g/mol. The van der Waals surface area contributed by atoms with Gasteiger partial charge in [0.05, 0.1) is 5.02 Å². The van der Waals surface area contributed by atoms with Gasteiger partial charge in [-0.25, -0.2) is 13.1 Å². The van der Waals surface area contributed by atoms with Crippen LogP contribution in [0.2, 0.25) is 5.02 Å². The minimum atomic E-state index is -3.90. The Morgan fingerprint density at radius 1 is 0.967 bits per heavy atom. The molecule has 3 aromatic carbocycles. The van der Waals surface area contributed by atoms with Crippen LogP contribution in [0.4, 0.5) is 11.4 Å². The van der Waals surface area contributed by atoms with Crippen LogP contribution in [0.3, 0.4) is 0 Å². The summed E-state index contributed by atoms with van der Waals surface area (Å²) >= 11 is 6.12. The minimum Gasteiger partial charge on any atom is -0.378 e. The van der Waals surface area contributed by atoms with Crippen LogP contribution in [0.5, 0.6) is 0 Å². The second-order valence-electron chi connectivity index (χ2n) is 6.85. The lowest BCUT2D eigenvalue weighted by Crippen LogP contribution is -2.24. The van der Waals surface area contributed by atoms with Crippen molar-refractivity contribution in [3.8, 4) is 0 Å². The molecule has 30 heavy (non-hydrogen) atoms. The first-order valence-electron chi connectivity index (χ1n) is 9.18. The topological polar surface area (TPSA) is 78.5 Å². The van der Waals surface area contributed by atoms with Gasteiger partial charge in [0.2, 0.25) is 10.0 Å². The fourth-order valence-electron chi connectivity index (χ4n) is 2.75. The van der Waals surface area contributed by atoms with Gasteiger partial charge in [0, 0.05) is 37.6 Å². The van der Waals surface area contributed by atoms with Gasteiger partial charge >= 0.3 is 0 Å². The van der Waals surface area contributed by atoms with Crippen LogP contribution in [0.15, 0.2) is 77.7 Å². The van der Waals surface area contributed by atoms with Gasteiger partial charge in [0.15, 0.2) is 0 Å². The number of nitrogens with zero attached hydrogens (tertiary/aromatic N) is 1. The molecule has 0 aliphatic rings. The highest BCUT2D eigenvalue weighted by Gasteiger charge is 2.20. The number of carbonyl (C=O) groups excluding carboxylic acids is 1. The van der Waals surface area contributed by atoms with Gasteiger partial charge in [-0.05, 0) is 48.0 Å². The molecule has 1 amide bonds. The molecular formula is C22H22ClN3O3S. The summed E-state index contributed by atoms with van der Waals surface area (Å²) in [7, 11) is -0.0492. The second kappa shape index (κ2) is 9.30. The Hall–Kier alpha value is -2.87. The lowest BCUT2D eigenvalue weighted by molar-refractivity contribution is 0.102. The molecule has 0 atom stereocenters. The Kier molecular flexibility index (Phi) is 6.77. The SMILES string of the molecule is CN(C)c1ccc(NC(=O)c2ccc(Cl)c(S(=O)(=O)NCc3ccccc3)c2)cc1. The number of halogens is 1. The summed E-state index contributed by atoms with van der Waals surface area (Å²) in [6.45, 7) is 0.119. The van der Waals surface area contributed by atoms with Gasteiger partial charge in [-0.2, -0.15) is 0 Å². The maximum Gasteiger partial charge on any atom is 0.255 e. The Bertz CT molecular complexity index is 1130. The van der Waals surface area contributed by atoms with Crippen LogP contribution in [0.25, 0.3) is 0 Å². The molecule has 3 aromatic rings. The average Bonchev–Trinajstić information content (AvgIpc) is 2.73. The molecule has 0 heterocycles. The average molecular weight is 444 g/mol. The zero-order valence-electron chi connectivity index (χ0n) is 16.6. The van der Waals surface area contributed by atoms with Gasteiger partial charge in [-0.15, -0.1) is 0 Å². The summed E-state index contributed by atoms with van der Waals surface area (Å²) in [5.41, 5.74) is 2.60. The van der Waals surface area contributed by atoms with Crippen molar-refractivity contribution in [2.24, 2.45) is 0 Å². The number of rotatable bonds is 7. The molecule has 0 saturated heterocycles. The third kappa shape index (κ3) is 5.38. The monoisotopic (exact) mass is 443 g/mol. The predicted octanol–water partition coefficient (Wildman–Crippen LogP) is 4.14. The first kappa shape index (κ1) is 21.8. The lowest BCUT2D eigenvalue weighted by Gasteiger charge is -2.13. The molecule has 0 radical (unpaired) electrons. The lowest BCUT2D eigenvalue weighted by atomic mass is 10.2. The highest BCUT2D eigenvalue weighted by Crippen LogP contribution is 2.24. The number of anilines is 2. The van der Waals surface area contributed by atoms with E-state index >= 15 is 0 Å². The number of carbonyl (C=O) groups is 1. The summed E-state index contributed by atoms with van der Waals surface area (Å²) < 4.78 is 28.0. The van der Waals surface area contributed by atoms with Crippen molar-refractivity contribution in [1.82, 2.24) is 4.72 Å². The maximum absolute atomic E-state index is 12.7. The zero-order chi connectivity index (χ0) is 21.7. The zero-order valence-corrected chi connectivity index (χ0v) is 18.2. The van der Waals surface area contributed by atoms with Gasteiger partial charge in [0.25, 0.3) is 5.91 Å². The fraction of sp³-hybridized carbons (Fsp3) is 0.136. The standard InChI is InChI=1S/C22H22ClN3O3S/c1-26(2)19-11-9-18(10-12-19)25-22(27)17-8-13-20(23)21(14-17)30(28,29)24-15-16-6-4-3-5-7-16/h3-14,24H,15H2,1-2H3,(H,25,27). The van der Waals surface area contributed by atoms with E-state index in [0.29, 0.717) is 5.69 Å². The molecule has 156 valence electrons. The van der Waals surface area contributed by atoms with Gasteiger partial charge in [-0.3, -0.25) is 4.79 Å². The van der Waals surface area contributed by atoms with E-state index < -0.39 is 15.9 Å². The Morgan fingerprint density at radius 2 is 1.63 bits per heavy atom. The maximum atomic E-state index is 12.7. The molecule has 0 spiro atoms. The van der Waals surface area contributed by atoms with Crippen LogP contribution >= 0.6 is 11.6 Å². The van der Waals surface area contributed by atoms with Gasteiger partial charge < -0.3 is 10.2 Å². The molecule has 2 N–H and O–H groups in total. The highest BCUT2D eigenvalue weighted by atomic mass is 35.5. The molecule has 3 rings (SSSR count). The van der Waals surface area contributed by atoms with Gasteiger partial charge in [-0.1, -0.05) is 41.9 Å². The van der Waals surface area contributed by atoms with Crippen molar-refractivity contribution in [3.05, 3.63) is 88.9 Å². The predicted molar refractivity (Wildman–Crippen MR) is 121 cm³/mol. The van der Waals surface area contributed by atoms with Crippen LogP contribution in [0, 0.1) is 0 Å². The van der Waals surface area contributed by atoms with Crippen LogP contribution in [0.1, 0.15) is 15.9 Å². The number of hydrogen-bond acceptors (Lipinski definition) is 4. The molecule has 6 nitrogen and oxygen atoms in total. The first-order valence-corrected chi connectivity index (χ1v) is 11.0. The van der Waals surface area contributed by atoms with Crippen molar-refractivity contribution < 1.29 is 13.2 Å². The van der Waals surface area contributed by atoms with Crippen molar-refractivity contribution in [2.45, 2.75) is 11.4 Å². The molecule has 0 fully saturated rings. The molecule has 0 aliphatic heterocycles. The van der Waals surface area contributed by atoms with Crippen molar-refractivity contribution in [3.63, 3.8) is 0 Å². The normalized spacial score (nSPS) is 11.2. The van der Waals surface area contributed by atoms with E-state index in [1.807, 2.05) is 61.5 Å². The number of nitrogens with one attached hydrogen (secondary N) is 2. The summed E-state index contributed by atoms with van der Waals surface area (Å²) in [5, 5.41) is 2.81. The molecule has 0 unspecified atom stereocenters. The molecule has 0 saturated carbocycles. The van der Waals surface area contributed by atoms with Crippen LogP contribution in [-0.2, 0) is 16.6 Å². The van der Waals surface area contributed by atoms with E-state index in [1.54, 1.807) is 12.1 Å². The Labute approximate surface area is 181 Å². The summed E-state index contributed by atoms with van der Waals surface area (Å²) in [5.74, 6) is -0.427. The number of amides is 1. The molecule has 0 bridgehead atoms. The third-order valence-corrected chi connectivity index (χ3v) is 6.32. The Balaban J connectivity index is 1.77. The van der Waals surface area contributed by atoms with E-state index in [1.165, 1.54) is 18.2 Å². The van der Waals surface area contributed by atoms with E-state index in [9.17, 15) is 13.2 Å². The molecule has 0 aromatic heterocycles. The second-order valence-corrected chi connectivity index (χ2v) is 8.99. The molecule has 8 heteroatoms. The largest absolute Gasteiger partial charge is 0.378 e. The van der Waals surface area contributed by atoms with E-state index in [2.05, 4.69) is 10.0 Å². The highest BCUT2D eigenvalue weighted by molar-refractivity contribution is 7.89. The Morgan fingerprint density at radius 3 is 2.27 bits per heavy atom. The smallest absolute Gasteiger partial charge is 0.255 e. The first-order chi connectivity index (χ1) is 14.3. The summed E-state index contributed by atoms with van der Waals surface area (Å²) in [6.07, 6.45) is 0. The molecule has 0 aliphatic carbocycles. The van der Waals surface area contributed by atoms with Crippen molar-refractivity contribution in [1.29, 1.82) is 0 Å². The fourth-order valence-corrected chi connectivity index (χ4v) is 4.29. The van der Waals surface area contributed by atoms with E-state index in [0.717, 1.165) is 11.3 Å². The van der Waals surface area contributed by atoms with Crippen molar-refractivity contribution in [2.75, 3.05) is 24.3 Å². The summed E-state index contributed by atoms with van der Waals surface area (Å²) in [6, 6.07) is 20.6. The van der Waals surface area contributed by atoms with Crippen molar-refractivity contribution >= 4 is 38.9 Å². The third-order valence-electron chi connectivity index (χ3n) is 4.43.